The molecule has 0 bridgehead atoms. The van der Waals surface area contributed by atoms with Crippen molar-refractivity contribution in [2.45, 2.75) is 33.1 Å². The van der Waals surface area contributed by atoms with Gasteiger partial charge in [0.25, 0.3) is 0 Å². The van der Waals surface area contributed by atoms with E-state index in [0.29, 0.717) is 0 Å². The van der Waals surface area contributed by atoms with Crippen molar-refractivity contribution in [3.05, 3.63) is 6.42 Å². The molecule has 0 aromatic heterocycles. The zero-order chi connectivity index (χ0) is 7.11. The number of rotatable bonds is 4. The molecule has 0 aliphatic carbocycles. The highest BCUT2D eigenvalue weighted by Crippen LogP contribution is 2.09. The second-order valence-electron chi connectivity index (χ2n) is 2.21. The molecule has 1 unspecified atom stereocenters. The van der Waals surface area contributed by atoms with E-state index < -0.39 is 0 Å². The first-order valence-corrected chi connectivity index (χ1v) is 3.54. The van der Waals surface area contributed by atoms with Gasteiger partial charge in [-0.15, -0.1) is 0 Å². The van der Waals surface area contributed by atoms with Gasteiger partial charge >= 0.3 is 0 Å². The Labute approximate surface area is 57.7 Å². The van der Waals surface area contributed by atoms with Gasteiger partial charge in [-0.25, -0.2) is 0 Å². The second kappa shape index (κ2) is 5.62. The van der Waals surface area contributed by atoms with E-state index in [1.807, 2.05) is 13.3 Å². The van der Waals surface area contributed by atoms with E-state index in [0.717, 1.165) is 6.42 Å². The van der Waals surface area contributed by atoms with Crippen LogP contribution in [-0.2, 0) is 0 Å². The molecule has 9 heavy (non-hydrogen) atoms. The Kier molecular flexibility index (Phi) is 5.30. The minimum absolute atomic E-state index is 0.185. The molecule has 0 saturated carbocycles. The fourth-order valence-corrected chi connectivity index (χ4v) is 0.730. The number of hydrogen-bond acceptors (Lipinski definition) is 1. The Morgan fingerprint density at radius 3 is 2.67 bits per heavy atom. The van der Waals surface area contributed by atoms with Gasteiger partial charge in [0.2, 0.25) is 0 Å². The van der Waals surface area contributed by atoms with E-state index in [4.69, 9.17) is 5.26 Å². The van der Waals surface area contributed by atoms with Gasteiger partial charge in [0.15, 0.2) is 0 Å². The SMILES string of the molecule is C[CH]C(C#N)CCCC. The van der Waals surface area contributed by atoms with Gasteiger partial charge in [-0.3, -0.25) is 0 Å². The number of hydrogen-bond donors (Lipinski definition) is 0. The van der Waals surface area contributed by atoms with Crippen molar-refractivity contribution in [1.29, 1.82) is 5.26 Å². The van der Waals surface area contributed by atoms with Crippen LogP contribution in [0.2, 0.25) is 0 Å². The molecule has 0 aliphatic heterocycles. The van der Waals surface area contributed by atoms with E-state index in [1.165, 1.54) is 12.8 Å². The van der Waals surface area contributed by atoms with Crippen LogP contribution in [0.15, 0.2) is 0 Å². The Morgan fingerprint density at radius 1 is 1.67 bits per heavy atom. The first-order chi connectivity index (χ1) is 4.35. The summed E-state index contributed by atoms with van der Waals surface area (Å²) < 4.78 is 0. The first kappa shape index (κ1) is 8.49. The molecule has 0 aromatic rings. The molecule has 1 radical (unpaired) electrons. The third-order valence-corrected chi connectivity index (χ3v) is 1.44. The molecule has 0 N–H and O–H groups in total. The molecule has 0 spiro atoms. The van der Waals surface area contributed by atoms with Crippen molar-refractivity contribution in [1.82, 2.24) is 0 Å². The predicted octanol–water partition coefficient (Wildman–Crippen LogP) is 2.54. The summed E-state index contributed by atoms with van der Waals surface area (Å²) in [5.74, 6) is 0.185. The quantitative estimate of drug-likeness (QED) is 0.565. The van der Waals surface area contributed by atoms with Crippen LogP contribution < -0.4 is 0 Å². The van der Waals surface area contributed by atoms with Gasteiger partial charge in [-0.1, -0.05) is 26.7 Å². The third-order valence-electron chi connectivity index (χ3n) is 1.44. The van der Waals surface area contributed by atoms with E-state index in [1.54, 1.807) is 0 Å². The molecular formula is C8H14N. The molecule has 0 saturated heterocycles. The van der Waals surface area contributed by atoms with Crippen LogP contribution in [-0.4, -0.2) is 0 Å². The lowest BCUT2D eigenvalue weighted by Gasteiger charge is -2.01. The van der Waals surface area contributed by atoms with Gasteiger partial charge in [-0.05, 0) is 12.8 Å². The maximum absolute atomic E-state index is 8.47. The minimum atomic E-state index is 0.185. The summed E-state index contributed by atoms with van der Waals surface area (Å²) in [7, 11) is 0. The maximum atomic E-state index is 8.47. The van der Waals surface area contributed by atoms with E-state index in [2.05, 4.69) is 13.0 Å². The van der Waals surface area contributed by atoms with Crippen molar-refractivity contribution in [2.24, 2.45) is 5.92 Å². The zero-order valence-corrected chi connectivity index (χ0v) is 6.22. The zero-order valence-electron chi connectivity index (χ0n) is 6.22. The Hall–Kier alpha value is -0.510. The van der Waals surface area contributed by atoms with Crippen molar-refractivity contribution in [3.8, 4) is 6.07 Å². The molecule has 51 valence electrons. The van der Waals surface area contributed by atoms with E-state index in [-0.39, 0.29) is 5.92 Å². The van der Waals surface area contributed by atoms with Gasteiger partial charge in [0.1, 0.15) is 0 Å². The Morgan fingerprint density at radius 2 is 2.33 bits per heavy atom. The summed E-state index contributed by atoms with van der Waals surface area (Å²) in [5, 5.41) is 8.47. The lowest BCUT2D eigenvalue weighted by atomic mass is 10.0. The first-order valence-electron chi connectivity index (χ1n) is 3.54. The van der Waals surface area contributed by atoms with Crippen LogP contribution in [0.25, 0.3) is 0 Å². The lowest BCUT2D eigenvalue weighted by molar-refractivity contribution is 0.623. The molecule has 1 heteroatoms. The molecule has 0 heterocycles. The molecule has 1 atom stereocenters. The standard InChI is InChI=1S/C8H14N/c1-3-5-6-8(4-2)7-9/h4,8H,3,5-6H2,1-2H3. The second-order valence-corrected chi connectivity index (χ2v) is 2.21. The van der Waals surface area contributed by atoms with Crippen molar-refractivity contribution in [3.63, 3.8) is 0 Å². The van der Waals surface area contributed by atoms with Gasteiger partial charge in [-0.2, -0.15) is 5.26 Å². The number of nitriles is 1. The van der Waals surface area contributed by atoms with Crippen LogP contribution in [0.1, 0.15) is 33.1 Å². The van der Waals surface area contributed by atoms with Gasteiger partial charge in [0, 0.05) is 5.92 Å². The summed E-state index contributed by atoms with van der Waals surface area (Å²) in [5.41, 5.74) is 0. The van der Waals surface area contributed by atoms with E-state index in [9.17, 15) is 0 Å². The van der Waals surface area contributed by atoms with E-state index >= 15 is 0 Å². The number of unbranched alkanes of at least 4 members (excludes halogenated alkanes) is 1. The van der Waals surface area contributed by atoms with Crippen LogP contribution in [0.5, 0.6) is 0 Å². The lowest BCUT2D eigenvalue weighted by Crippen LogP contribution is -1.93. The molecule has 0 aliphatic rings. The fraction of sp³-hybridized carbons (Fsp3) is 0.750. The molecule has 0 rings (SSSR count). The summed E-state index contributed by atoms with van der Waals surface area (Å²) in [6.45, 7) is 4.09. The molecule has 0 fully saturated rings. The monoisotopic (exact) mass is 124 g/mol. The third kappa shape index (κ3) is 4.02. The predicted molar refractivity (Wildman–Crippen MR) is 38.6 cm³/mol. The highest BCUT2D eigenvalue weighted by molar-refractivity contribution is 4.90. The molecule has 1 nitrogen and oxygen atoms in total. The van der Waals surface area contributed by atoms with Crippen LogP contribution in [0.3, 0.4) is 0 Å². The highest BCUT2D eigenvalue weighted by Gasteiger charge is 2.01. The highest BCUT2D eigenvalue weighted by atomic mass is 14.3. The minimum Gasteiger partial charge on any atom is -0.198 e. The topological polar surface area (TPSA) is 23.8 Å². The van der Waals surface area contributed by atoms with Crippen LogP contribution >= 0.6 is 0 Å². The Balaban J connectivity index is 3.23. The largest absolute Gasteiger partial charge is 0.198 e. The fourth-order valence-electron chi connectivity index (χ4n) is 0.730. The molecule has 0 aromatic carbocycles. The smallest absolute Gasteiger partial charge is 0.0658 e. The van der Waals surface area contributed by atoms with Gasteiger partial charge < -0.3 is 0 Å². The van der Waals surface area contributed by atoms with Crippen molar-refractivity contribution in [2.75, 3.05) is 0 Å². The summed E-state index contributed by atoms with van der Waals surface area (Å²) in [6.07, 6.45) is 5.35. The molecular weight excluding hydrogens is 110 g/mol. The number of nitrogens with zero attached hydrogens (tertiary/aromatic N) is 1. The summed E-state index contributed by atoms with van der Waals surface area (Å²) in [6, 6.07) is 2.23. The normalized spacial score (nSPS) is 12.6. The summed E-state index contributed by atoms with van der Waals surface area (Å²) in [4.78, 5) is 0. The van der Waals surface area contributed by atoms with Crippen LogP contribution in [0, 0.1) is 23.7 Å². The Bertz CT molecular complexity index is 91.2. The van der Waals surface area contributed by atoms with Gasteiger partial charge in [0.05, 0.1) is 6.07 Å². The van der Waals surface area contributed by atoms with Crippen molar-refractivity contribution >= 4 is 0 Å². The average Bonchev–Trinajstić information content (AvgIpc) is 1.91. The van der Waals surface area contributed by atoms with Crippen molar-refractivity contribution < 1.29 is 0 Å². The summed E-state index contributed by atoms with van der Waals surface area (Å²) >= 11 is 0. The molecule has 0 amide bonds. The van der Waals surface area contributed by atoms with Crippen LogP contribution in [0.4, 0.5) is 0 Å². The maximum Gasteiger partial charge on any atom is 0.0658 e. The average molecular weight is 124 g/mol.